The molecule has 1 heterocycles. The van der Waals surface area contributed by atoms with Gasteiger partial charge in [0.15, 0.2) is 0 Å². The van der Waals surface area contributed by atoms with Gasteiger partial charge >= 0.3 is 0 Å². The Kier molecular flexibility index (Phi) is 2.57. The van der Waals surface area contributed by atoms with E-state index < -0.39 is 0 Å². The van der Waals surface area contributed by atoms with Gasteiger partial charge in [-0.25, -0.2) is 0 Å². The monoisotopic (exact) mass is 281 g/mol. The molecule has 86 valence electrons. The standard InChI is InChI=1S/C13H16BrNO/c1-8-7-15(2)13-11-4-3-10(14)5-9(11)6-12(13)16-8/h3-5,8,12-13H,6-7H2,1-2H3/t8-,12-,13+/m1/s1. The van der Waals surface area contributed by atoms with Gasteiger partial charge in [-0.1, -0.05) is 22.0 Å². The van der Waals surface area contributed by atoms with Crippen LogP contribution in [-0.4, -0.2) is 30.7 Å². The molecule has 0 unspecified atom stereocenters. The fourth-order valence-corrected chi connectivity index (χ4v) is 3.48. The summed E-state index contributed by atoms with van der Waals surface area (Å²) in [6.07, 6.45) is 1.75. The van der Waals surface area contributed by atoms with Gasteiger partial charge in [-0.05, 0) is 37.2 Å². The second kappa shape index (κ2) is 3.83. The van der Waals surface area contributed by atoms with Crippen molar-refractivity contribution >= 4 is 15.9 Å². The third-order valence-electron chi connectivity index (χ3n) is 3.62. The van der Waals surface area contributed by atoms with Crippen molar-refractivity contribution in [3.05, 3.63) is 33.8 Å². The normalized spacial score (nSPS) is 33.6. The minimum atomic E-state index is 0.345. The maximum absolute atomic E-state index is 6.05. The number of fused-ring (bicyclic) bond motifs is 3. The fraction of sp³-hybridized carbons (Fsp3) is 0.538. The van der Waals surface area contributed by atoms with E-state index in [1.807, 2.05) is 0 Å². The van der Waals surface area contributed by atoms with E-state index in [1.165, 1.54) is 15.6 Å². The van der Waals surface area contributed by atoms with E-state index in [2.05, 4.69) is 53.0 Å². The molecule has 0 radical (unpaired) electrons. The van der Waals surface area contributed by atoms with E-state index in [1.54, 1.807) is 0 Å². The summed E-state index contributed by atoms with van der Waals surface area (Å²) in [5.41, 5.74) is 2.88. The summed E-state index contributed by atoms with van der Waals surface area (Å²) in [4.78, 5) is 2.43. The number of halogens is 1. The van der Waals surface area contributed by atoms with Gasteiger partial charge < -0.3 is 4.74 Å². The molecule has 2 aliphatic rings. The molecule has 0 bridgehead atoms. The predicted octanol–water partition coefficient (Wildman–Crippen LogP) is 2.77. The van der Waals surface area contributed by atoms with E-state index in [0.29, 0.717) is 18.2 Å². The quantitative estimate of drug-likeness (QED) is 0.725. The van der Waals surface area contributed by atoms with Crippen LogP contribution in [0.5, 0.6) is 0 Å². The van der Waals surface area contributed by atoms with Gasteiger partial charge in [0, 0.05) is 17.4 Å². The van der Waals surface area contributed by atoms with Crippen molar-refractivity contribution in [2.24, 2.45) is 0 Å². The molecule has 0 aromatic heterocycles. The van der Waals surface area contributed by atoms with Crippen molar-refractivity contribution in [1.82, 2.24) is 4.90 Å². The summed E-state index contributed by atoms with van der Waals surface area (Å²) >= 11 is 3.54. The van der Waals surface area contributed by atoms with E-state index in [9.17, 15) is 0 Å². The summed E-state index contributed by atoms with van der Waals surface area (Å²) in [6, 6.07) is 7.06. The van der Waals surface area contributed by atoms with Crippen LogP contribution in [0.1, 0.15) is 24.1 Å². The minimum Gasteiger partial charge on any atom is -0.372 e. The zero-order chi connectivity index (χ0) is 11.3. The molecule has 1 aromatic carbocycles. The van der Waals surface area contributed by atoms with Crippen LogP contribution >= 0.6 is 15.9 Å². The van der Waals surface area contributed by atoms with Crippen LogP contribution in [0.4, 0.5) is 0 Å². The van der Waals surface area contributed by atoms with Gasteiger partial charge in [-0.2, -0.15) is 0 Å². The van der Waals surface area contributed by atoms with Crippen molar-refractivity contribution in [2.75, 3.05) is 13.6 Å². The van der Waals surface area contributed by atoms with Crippen LogP contribution in [0.15, 0.2) is 22.7 Å². The molecule has 0 spiro atoms. The Morgan fingerprint density at radius 3 is 3.06 bits per heavy atom. The molecule has 3 heteroatoms. The predicted molar refractivity (Wildman–Crippen MR) is 67.6 cm³/mol. The first-order chi connectivity index (χ1) is 7.65. The molecule has 1 fully saturated rings. The highest BCUT2D eigenvalue weighted by molar-refractivity contribution is 9.10. The van der Waals surface area contributed by atoms with Crippen LogP contribution in [0.2, 0.25) is 0 Å². The van der Waals surface area contributed by atoms with Gasteiger partial charge in [0.25, 0.3) is 0 Å². The largest absolute Gasteiger partial charge is 0.372 e. The van der Waals surface area contributed by atoms with Crippen molar-refractivity contribution < 1.29 is 4.74 Å². The third kappa shape index (κ3) is 1.62. The van der Waals surface area contributed by atoms with E-state index in [4.69, 9.17) is 4.74 Å². The van der Waals surface area contributed by atoms with Gasteiger partial charge in [0.1, 0.15) is 0 Å². The number of hydrogen-bond acceptors (Lipinski definition) is 2. The van der Waals surface area contributed by atoms with Gasteiger partial charge in [0.2, 0.25) is 0 Å². The molecule has 2 nitrogen and oxygen atoms in total. The van der Waals surface area contributed by atoms with Gasteiger partial charge in [-0.15, -0.1) is 0 Å². The summed E-state index contributed by atoms with van der Waals surface area (Å²) in [6.45, 7) is 3.18. The Bertz CT molecular complexity index is 420. The molecule has 3 rings (SSSR count). The molecule has 1 saturated heterocycles. The number of ether oxygens (including phenoxy) is 1. The average Bonchev–Trinajstić information content (AvgIpc) is 2.54. The molecule has 0 N–H and O–H groups in total. The Morgan fingerprint density at radius 1 is 1.44 bits per heavy atom. The second-order valence-electron chi connectivity index (χ2n) is 4.92. The lowest BCUT2D eigenvalue weighted by Crippen LogP contribution is -2.45. The van der Waals surface area contributed by atoms with Crippen molar-refractivity contribution in [3.63, 3.8) is 0 Å². The second-order valence-corrected chi connectivity index (χ2v) is 5.83. The maximum atomic E-state index is 6.05. The maximum Gasteiger partial charge on any atom is 0.0816 e. The lowest BCUT2D eigenvalue weighted by Gasteiger charge is -2.39. The van der Waals surface area contributed by atoms with Gasteiger partial charge in [-0.3, -0.25) is 4.90 Å². The number of morpholine rings is 1. The minimum absolute atomic E-state index is 0.345. The number of hydrogen-bond donors (Lipinski definition) is 0. The number of nitrogens with zero attached hydrogens (tertiary/aromatic N) is 1. The van der Waals surface area contributed by atoms with Crippen molar-refractivity contribution in [2.45, 2.75) is 31.6 Å². The summed E-state index contributed by atoms with van der Waals surface area (Å²) in [5, 5.41) is 0. The number of likely N-dealkylation sites (N-methyl/N-ethyl adjacent to an activating group) is 1. The van der Waals surface area contributed by atoms with E-state index in [0.717, 1.165) is 13.0 Å². The molecule has 0 saturated carbocycles. The van der Waals surface area contributed by atoms with Crippen molar-refractivity contribution in [3.8, 4) is 0 Å². The van der Waals surface area contributed by atoms with Crippen LogP contribution in [-0.2, 0) is 11.2 Å². The van der Waals surface area contributed by atoms with Crippen molar-refractivity contribution in [1.29, 1.82) is 0 Å². The summed E-state index contributed by atoms with van der Waals surface area (Å²) in [7, 11) is 2.20. The highest BCUT2D eigenvalue weighted by Crippen LogP contribution is 2.41. The van der Waals surface area contributed by atoms with E-state index >= 15 is 0 Å². The van der Waals surface area contributed by atoms with Crippen LogP contribution in [0.25, 0.3) is 0 Å². The first kappa shape index (κ1) is 10.8. The van der Waals surface area contributed by atoms with Crippen LogP contribution < -0.4 is 0 Å². The molecular formula is C13H16BrNO. The fourth-order valence-electron chi connectivity index (χ4n) is 3.07. The number of rotatable bonds is 0. The van der Waals surface area contributed by atoms with Gasteiger partial charge in [0.05, 0.1) is 18.2 Å². The summed E-state index contributed by atoms with van der Waals surface area (Å²) in [5.74, 6) is 0. The third-order valence-corrected chi connectivity index (χ3v) is 4.12. The van der Waals surface area contributed by atoms with E-state index in [-0.39, 0.29) is 0 Å². The number of benzene rings is 1. The lowest BCUT2D eigenvalue weighted by atomic mass is 10.0. The summed E-state index contributed by atoms with van der Waals surface area (Å²) < 4.78 is 7.21. The highest BCUT2D eigenvalue weighted by Gasteiger charge is 2.40. The molecule has 0 amide bonds. The molecular weight excluding hydrogens is 266 g/mol. The molecule has 1 aromatic rings. The Hall–Kier alpha value is -0.380. The first-order valence-corrected chi connectivity index (χ1v) is 6.58. The zero-order valence-electron chi connectivity index (χ0n) is 9.61. The average molecular weight is 282 g/mol. The Labute approximate surface area is 105 Å². The molecule has 3 atom stereocenters. The lowest BCUT2D eigenvalue weighted by molar-refractivity contribution is -0.0980. The van der Waals surface area contributed by atoms with Crippen LogP contribution in [0.3, 0.4) is 0 Å². The SMILES string of the molecule is C[C@@H]1CN(C)[C@H]2c3ccc(Br)cc3C[C@H]2O1. The smallest absolute Gasteiger partial charge is 0.0816 e. The molecule has 16 heavy (non-hydrogen) atoms. The Balaban J connectivity index is 1.99. The molecule has 1 aliphatic heterocycles. The van der Waals surface area contributed by atoms with Crippen LogP contribution in [0, 0.1) is 0 Å². The highest BCUT2D eigenvalue weighted by atomic mass is 79.9. The topological polar surface area (TPSA) is 12.5 Å². The Morgan fingerprint density at radius 2 is 2.25 bits per heavy atom. The first-order valence-electron chi connectivity index (χ1n) is 5.79. The molecule has 1 aliphatic carbocycles. The zero-order valence-corrected chi connectivity index (χ0v) is 11.2.